The summed E-state index contributed by atoms with van der Waals surface area (Å²) in [6.45, 7) is 14.6. The Morgan fingerprint density at radius 2 is 1.82 bits per heavy atom. The summed E-state index contributed by atoms with van der Waals surface area (Å²) in [5, 5.41) is 0. The van der Waals surface area contributed by atoms with E-state index in [9.17, 15) is 4.39 Å². The van der Waals surface area contributed by atoms with E-state index >= 15 is 0 Å². The fourth-order valence-corrected chi connectivity index (χ4v) is 4.50. The van der Waals surface area contributed by atoms with Gasteiger partial charge in [-0.1, -0.05) is 40.2 Å². The van der Waals surface area contributed by atoms with E-state index in [0.717, 1.165) is 50.6 Å². The molecule has 3 rings (SSSR count). The van der Waals surface area contributed by atoms with Crippen LogP contribution >= 0.6 is 12.4 Å². The molecule has 2 aliphatic rings. The number of allylic oxidation sites excluding steroid dienone is 2. The zero-order valence-corrected chi connectivity index (χ0v) is 19.0. The molecule has 0 aromatic heterocycles. The van der Waals surface area contributed by atoms with Gasteiger partial charge in [0, 0.05) is 37.4 Å². The molecule has 1 unspecified atom stereocenters. The molecule has 158 valence electrons. The Kier molecular flexibility index (Phi) is 8.39. The van der Waals surface area contributed by atoms with Gasteiger partial charge in [0.1, 0.15) is 5.82 Å². The Morgan fingerprint density at radius 1 is 1.11 bits per heavy atom. The molecule has 0 N–H and O–H groups in total. The van der Waals surface area contributed by atoms with Gasteiger partial charge in [0.2, 0.25) is 0 Å². The predicted octanol–water partition coefficient (Wildman–Crippen LogP) is 6.40. The van der Waals surface area contributed by atoms with Gasteiger partial charge in [0.15, 0.2) is 0 Å². The highest BCUT2D eigenvalue weighted by molar-refractivity contribution is 5.85. The molecule has 1 aliphatic heterocycles. The first kappa shape index (κ1) is 23.2. The van der Waals surface area contributed by atoms with Crippen molar-refractivity contribution in [2.45, 2.75) is 59.8 Å². The molecule has 1 fully saturated rings. The minimum absolute atomic E-state index is 0. The molecule has 1 aromatic rings. The third-order valence-electron chi connectivity index (χ3n) is 6.48. The number of hydrogen-bond donors (Lipinski definition) is 0. The second kappa shape index (κ2) is 10.1. The lowest BCUT2D eigenvalue weighted by Crippen LogP contribution is -2.46. The van der Waals surface area contributed by atoms with Crippen LogP contribution < -0.4 is 4.90 Å². The first-order valence-corrected chi connectivity index (χ1v) is 10.8. The van der Waals surface area contributed by atoms with Gasteiger partial charge in [-0.3, -0.25) is 4.90 Å². The summed E-state index contributed by atoms with van der Waals surface area (Å²) in [6.07, 6.45) is 8.42. The molecule has 2 nitrogen and oxygen atoms in total. The first-order valence-electron chi connectivity index (χ1n) is 10.8. The van der Waals surface area contributed by atoms with Crippen molar-refractivity contribution < 1.29 is 4.39 Å². The third-order valence-corrected chi connectivity index (χ3v) is 6.48. The summed E-state index contributed by atoms with van der Waals surface area (Å²) in [5.74, 6) is 0.624. The highest BCUT2D eigenvalue weighted by Crippen LogP contribution is 2.41. The molecule has 28 heavy (non-hydrogen) atoms. The minimum Gasteiger partial charge on any atom is -0.368 e. The van der Waals surface area contributed by atoms with Crippen molar-refractivity contribution >= 4 is 23.7 Å². The molecule has 0 spiro atoms. The largest absolute Gasteiger partial charge is 0.368 e. The molecule has 0 radical (unpaired) electrons. The van der Waals surface area contributed by atoms with Crippen molar-refractivity contribution in [3.8, 4) is 0 Å². The molecule has 0 amide bonds. The predicted molar refractivity (Wildman–Crippen MR) is 122 cm³/mol. The highest BCUT2D eigenvalue weighted by atomic mass is 35.5. The van der Waals surface area contributed by atoms with Crippen LogP contribution in [0.2, 0.25) is 0 Å². The van der Waals surface area contributed by atoms with E-state index in [1.165, 1.54) is 36.9 Å². The van der Waals surface area contributed by atoms with Crippen molar-refractivity contribution in [3.05, 3.63) is 35.7 Å². The molecule has 4 heteroatoms. The molecule has 1 saturated heterocycles. The van der Waals surface area contributed by atoms with Crippen molar-refractivity contribution in [2.75, 3.05) is 37.6 Å². The maximum absolute atomic E-state index is 14.1. The molecular weight excluding hydrogens is 371 g/mol. The SMILES string of the molecule is CCCCN1CCN(c2cc(F)ccc2C2=CCC(C(C)(C)C)CC2)CC1.Cl. The van der Waals surface area contributed by atoms with Gasteiger partial charge in [0.25, 0.3) is 0 Å². The lowest BCUT2D eigenvalue weighted by molar-refractivity contribution is 0.225. The monoisotopic (exact) mass is 408 g/mol. The second-order valence-electron chi connectivity index (χ2n) is 9.41. The van der Waals surface area contributed by atoms with Crippen LogP contribution in [0.25, 0.3) is 5.57 Å². The lowest BCUT2D eigenvalue weighted by atomic mass is 9.72. The fraction of sp³-hybridized carbons (Fsp3) is 0.667. The summed E-state index contributed by atoms with van der Waals surface area (Å²) in [5.41, 5.74) is 4.14. The third kappa shape index (κ3) is 5.73. The lowest BCUT2D eigenvalue weighted by Gasteiger charge is -2.38. The number of hydrogen-bond acceptors (Lipinski definition) is 2. The van der Waals surface area contributed by atoms with E-state index in [0.29, 0.717) is 5.41 Å². The van der Waals surface area contributed by atoms with Gasteiger partial charge in [-0.2, -0.15) is 0 Å². The summed E-state index contributed by atoms with van der Waals surface area (Å²) >= 11 is 0. The summed E-state index contributed by atoms with van der Waals surface area (Å²) in [7, 11) is 0. The van der Waals surface area contributed by atoms with Crippen LogP contribution in [0.5, 0.6) is 0 Å². The Bertz CT molecular complexity index is 657. The minimum atomic E-state index is -0.119. The number of piperazine rings is 1. The number of halogens is 2. The first-order chi connectivity index (χ1) is 12.9. The Morgan fingerprint density at radius 3 is 2.39 bits per heavy atom. The van der Waals surface area contributed by atoms with E-state index in [2.05, 4.69) is 43.6 Å². The number of anilines is 1. The average Bonchev–Trinajstić information content (AvgIpc) is 2.66. The van der Waals surface area contributed by atoms with Crippen molar-refractivity contribution in [2.24, 2.45) is 11.3 Å². The number of rotatable bonds is 5. The molecule has 0 bridgehead atoms. The van der Waals surface area contributed by atoms with E-state index in [1.807, 2.05) is 6.07 Å². The topological polar surface area (TPSA) is 6.48 Å². The van der Waals surface area contributed by atoms with Crippen LogP contribution in [-0.4, -0.2) is 37.6 Å². The van der Waals surface area contributed by atoms with Gasteiger partial charge < -0.3 is 4.90 Å². The smallest absolute Gasteiger partial charge is 0.125 e. The Labute approximate surface area is 177 Å². The second-order valence-corrected chi connectivity index (χ2v) is 9.41. The zero-order valence-electron chi connectivity index (χ0n) is 18.1. The van der Waals surface area contributed by atoms with Crippen LogP contribution in [0, 0.1) is 17.2 Å². The van der Waals surface area contributed by atoms with Crippen molar-refractivity contribution in [1.82, 2.24) is 4.90 Å². The van der Waals surface area contributed by atoms with Crippen LogP contribution in [0.1, 0.15) is 65.4 Å². The van der Waals surface area contributed by atoms with Crippen LogP contribution in [0.4, 0.5) is 10.1 Å². The van der Waals surface area contributed by atoms with E-state index < -0.39 is 0 Å². The maximum atomic E-state index is 14.1. The van der Waals surface area contributed by atoms with Gasteiger partial charge in [-0.25, -0.2) is 4.39 Å². The van der Waals surface area contributed by atoms with Crippen molar-refractivity contribution in [1.29, 1.82) is 0 Å². The van der Waals surface area contributed by atoms with Gasteiger partial charge in [0.05, 0.1) is 0 Å². The number of unbranched alkanes of at least 4 members (excludes halogenated alkanes) is 1. The molecule has 1 atom stereocenters. The van der Waals surface area contributed by atoms with E-state index in [4.69, 9.17) is 0 Å². The van der Waals surface area contributed by atoms with Gasteiger partial charge >= 0.3 is 0 Å². The molecule has 0 saturated carbocycles. The Balaban J connectivity index is 0.00000280. The van der Waals surface area contributed by atoms with Gasteiger partial charge in [-0.05, 0) is 67.3 Å². The quantitative estimate of drug-likeness (QED) is 0.556. The molecular formula is C24H38ClFN2. The highest BCUT2D eigenvalue weighted by Gasteiger charge is 2.28. The summed E-state index contributed by atoms with van der Waals surface area (Å²) < 4.78 is 14.1. The molecule has 1 aliphatic carbocycles. The standard InChI is InChI=1S/C24H37FN2.ClH/c1-5-6-13-26-14-16-27(17-15-26)23-18-21(25)11-12-22(23)19-7-9-20(10-8-19)24(2,3)4;/h7,11-12,18,20H,5-6,8-10,13-17H2,1-4H3;1H. The number of benzene rings is 1. The van der Waals surface area contributed by atoms with E-state index in [-0.39, 0.29) is 18.2 Å². The molecule has 1 aromatic carbocycles. The van der Waals surface area contributed by atoms with Gasteiger partial charge in [-0.15, -0.1) is 12.4 Å². The number of nitrogens with zero attached hydrogens (tertiary/aromatic N) is 2. The van der Waals surface area contributed by atoms with Crippen LogP contribution in [0.3, 0.4) is 0 Å². The molecule has 1 heterocycles. The fourth-order valence-electron chi connectivity index (χ4n) is 4.50. The van der Waals surface area contributed by atoms with Crippen LogP contribution in [-0.2, 0) is 0 Å². The normalized spacial score (nSPS) is 21.2. The average molecular weight is 409 g/mol. The zero-order chi connectivity index (χ0) is 19.4. The van der Waals surface area contributed by atoms with Crippen molar-refractivity contribution in [3.63, 3.8) is 0 Å². The van der Waals surface area contributed by atoms with Crippen LogP contribution in [0.15, 0.2) is 24.3 Å². The Hall–Kier alpha value is -1.06. The maximum Gasteiger partial charge on any atom is 0.125 e. The summed E-state index contributed by atoms with van der Waals surface area (Å²) in [4.78, 5) is 4.95. The van der Waals surface area contributed by atoms with E-state index in [1.54, 1.807) is 12.1 Å². The summed E-state index contributed by atoms with van der Waals surface area (Å²) in [6, 6.07) is 5.40.